The molecule has 5 aromatic rings. The number of carbonyl (C=O) groups excluding carboxylic acids is 2. The minimum absolute atomic E-state index is 0.00352. The normalized spacial score (nSPS) is 11.0. The van der Waals surface area contributed by atoms with Crippen LogP contribution in [0.25, 0.3) is 22.2 Å². The zero-order chi connectivity index (χ0) is 32.6. The minimum atomic E-state index is -0.575. The fourth-order valence-corrected chi connectivity index (χ4v) is 5.20. The predicted octanol–water partition coefficient (Wildman–Crippen LogP) is 6.34. The molecule has 0 atom stereocenters. The van der Waals surface area contributed by atoms with Gasteiger partial charge < -0.3 is 25.0 Å². The number of esters is 1. The van der Waals surface area contributed by atoms with E-state index in [1.165, 1.54) is 23.9 Å². The predicted molar refractivity (Wildman–Crippen MR) is 176 cm³/mol. The molecule has 0 spiro atoms. The van der Waals surface area contributed by atoms with E-state index >= 15 is 0 Å². The van der Waals surface area contributed by atoms with Crippen molar-refractivity contribution in [3.8, 4) is 11.3 Å². The van der Waals surface area contributed by atoms with Crippen molar-refractivity contribution in [3.05, 3.63) is 107 Å². The molecule has 12 heteroatoms. The van der Waals surface area contributed by atoms with Crippen LogP contribution in [0.2, 0.25) is 5.02 Å². The third-order valence-corrected chi connectivity index (χ3v) is 7.79. The molecule has 10 nitrogen and oxygen atoms in total. The van der Waals surface area contributed by atoms with E-state index in [4.69, 9.17) is 26.8 Å². The van der Waals surface area contributed by atoms with Gasteiger partial charge in [0.05, 0.1) is 29.0 Å². The van der Waals surface area contributed by atoms with E-state index in [1.54, 1.807) is 30.3 Å². The Kier molecular flexibility index (Phi) is 10.5. The largest absolute Gasteiger partial charge is 0.464 e. The number of anilines is 2. The number of pyridine rings is 1. The number of benzene rings is 3. The summed E-state index contributed by atoms with van der Waals surface area (Å²) in [5, 5.41) is 5.25. The zero-order valence-corrected chi connectivity index (χ0v) is 26.3. The van der Waals surface area contributed by atoms with Crippen LogP contribution in [0.4, 0.5) is 20.6 Å². The summed E-state index contributed by atoms with van der Waals surface area (Å²) in [7, 11) is 2.99. The van der Waals surface area contributed by atoms with Gasteiger partial charge in [-0.05, 0) is 61.0 Å². The van der Waals surface area contributed by atoms with Crippen LogP contribution in [0.15, 0.2) is 85.1 Å². The van der Waals surface area contributed by atoms with Crippen LogP contribution in [0.3, 0.4) is 0 Å². The molecule has 2 aromatic heterocycles. The summed E-state index contributed by atoms with van der Waals surface area (Å²) in [6, 6.07) is 23.1. The van der Waals surface area contributed by atoms with Gasteiger partial charge in [0.1, 0.15) is 18.1 Å². The minimum Gasteiger partial charge on any atom is -0.464 e. The zero-order valence-electron chi connectivity index (χ0n) is 25.5. The van der Waals surface area contributed by atoms with Crippen molar-refractivity contribution in [3.63, 3.8) is 0 Å². The van der Waals surface area contributed by atoms with E-state index in [2.05, 4.69) is 10.1 Å². The number of methoxy groups -OCH3 is 1. The molecule has 0 saturated carbocycles. The maximum absolute atomic E-state index is 14.8. The van der Waals surface area contributed by atoms with Gasteiger partial charge in [-0.3, -0.25) is 9.67 Å². The fraction of sp³-hybridized carbons (Fsp3) is 0.235. The van der Waals surface area contributed by atoms with E-state index in [1.807, 2.05) is 59.5 Å². The summed E-state index contributed by atoms with van der Waals surface area (Å²) in [5.41, 5.74) is 10.2. The van der Waals surface area contributed by atoms with Crippen LogP contribution in [0.1, 0.15) is 22.5 Å². The average Bonchev–Trinajstić information content (AvgIpc) is 3.47. The number of amides is 1. The molecular formula is C34H34ClFN6O4. The van der Waals surface area contributed by atoms with Gasteiger partial charge in [0.15, 0.2) is 0 Å². The molecule has 0 radical (unpaired) electrons. The molecule has 0 aliphatic rings. The van der Waals surface area contributed by atoms with Gasteiger partial charge in [-0.25, -0.2) is 14.0 Å². The van der Waals surface area contributed by atoms with E-state index in [-0.39, 0.29) is 24.7 Å². The van der Waals surface area contributed by atoms with Crippen molar-refractivity contribution in [2.45, 2.75) is 13.0 Å². The highest BCUT2D eigenvalue weighted by molar-refractivity contribution is 6.30. The first kappa shape index (κ1) is 32.4. The number of hydrogen-bond donors (Lipinski definition) is 1. The van der Waals surface area contributed by atoms with E-state index in [0.717, 1.165) is 16.5 Å². The molecule has 0 aliphatic carbocycles. The number of nitrogens with zero attached hydrogens (tertiary/aromatic N) is 5. The lowest BCUT2D eigenvalue weighted by molar-refractivity contribution is 0.0588. The quantitative estimate of drug-likeness (QED) is 0.157. The van der Waals surface area contributed by atoms with Gasteiger partial charge in [-0.1, -0.05) is 48.0 Å². The lowest BCUT2D eigenvalue weighted by Gasteiger charge is -2.30. The van der Waals surface area contributed by atoms with Crippen LogP contribution in [0, 0.1) is 5.82 Å². The molecule has 2 N–H and O–H groups in total. The third-order valence-electron chi connectivity index (χ3n) is 7.48. The van der Waals surface area contributed by atoms with Crippen molar-refractivity contribution in [2.75, 3.05) is 38.2 Å². The van der Waals surface area contributed by atoms with Crippen LogP contribution in [-0.2, 0) is 23.1 Å². The highest BCUT2D eigenvalue weighted by Crippen LogP contribution is 2.35. The summed E-state index contributed by atoms with van der Waals surface area (Å²) < 4.78 is 26.8. The second-order valence-electron chi connectivity index (χ2n) is 10.5. The first-order chi connectivity index (χ1) is 22.3. The van der Waals surface area contributed by atoms with Crippen molar-refractivity contribution < 1.29 is 23.5 Å². The number of fused-ring (bicyclic) bond motifs is 1. The molecule has 238 valence electrons. The molecule has 2 heterocycles. The van der Waals surface area contributed by atoms with E-state index in [9.17, 15) is 14.0 Å². The lowest BCUT2D eigenvalue weighted by Crippen LogP contribution is -2.39. The van der Waals surface area contributed by atoms with E-state index in [0.29, 0.717) is 47.8 Å². The Balaban J connectivity index is 1.50. The Bertz CT molecular complexity index is 1830. The molecule has 0 aliphatic heterocycles. The number of nitrogens with two attached hydrogens (primary N) is 1. The van der Waals surface area contributed by atoms with Crippen LogP contribution >= 0.6 is 11.6 Å². The van der Waals surface area contributed by atoms with Gasteiger partial charge in [0.2, 0.25) is 0 Å². The van der Waals surface area contributed by atoms with Crippen LogP contribution in [-0.4, -0.2) is 65.0 Å². The molecule has 1 amide bonds. The van der Waals surface area contributed by atoms with E-state index < -0.39 is 17.9 Å². The number of aryl methyl sites for hydroxylation is 1. The summed E-state index contributed by atoms with van der Waals surface area (Å²) in [6.07, 6.45) is 1.78. The van der Waals surface area contributed by atoms with Crippen molar-refractivity contribution >= 4 is 45.9 Å². The summed E-state index contributed by atoms with van der Waals surface area (Å²) in [4.78, 5) is 33.5. The topological polar surface area (TPSA) is 116 Å². The third kappa shape index (κ3) is 7.44. The number of aromatic nitrogens is 3. The second-order valence-corrected chi connectivity index (χ2v) is 10.9. The molecule has 0 saturated heterocycles. The van der Waals surface area contributed by atoms with Crippen LogP contribution < -0.4 is 10.6 Å². The van der Waals surface area contributed by atoms with Gasteiger partial charge >= 0.3 is 12.1 Å². The Morgan fingerprint density at radius 2 is 1.80 bits per heavy atom. The van der Waals surface area contributed by atoms with Gasteiger partial charge in [-0.2, -0.15) is 5.10 Å². The average molecular weight is 645 g/mol. The Morgan fingerprint density at radius 3 is 2.54 bits per heavy atom. The van der Waals surface area contributed by atoms with Crippen molar-refractivity contribution in [1.82, 2.24) is 19.7 Å². The Labute approximate surface area is 271 Å². The highest BCUT2D eigenvalue weighted by atomic mass is 35.5. The molecule has 0 bridgehead atoms. The molecular weight excluding hydrogens is 611 g/mol. The molecule has 46 heavy (non-hydrogen) atoms. The summed E-state index contributed by atoms with van der Waals surface area (Å²) in [6.45, 7) is 1.46. The second kappa shape index (κ2) is 14.9. The number of rotatable bonds is 12. The van der Waals surface area contributed by atoms with Gasteiger partial charge in [0.25, 0.3) is 0 Å². The van der Waals surface area contributed by atoms with Crippen molar-refractivity contribution in [2.24, 2.45) is 12.8 Å². The molecule has 5 rings (SSSR count). The maximum Gasteiger partial charge on any atom is 0.410 e. The van der Waals surface area contributed by atoms with Crippen molar-refractivity contribution in [1.29, 1.82) is 0 Å². The lowest BCUT2D eigenvalue weighted by atomic mass is 10.1. The highest BCUT2D eigenvalue weighted by Gasteiger charge is 2.21. The summed E-state index contributed by atoms with van der Waals surface area (Å²) >= 11 is 6.05. The molecule has 3 aromatic carbocycles. The van der Waals surface area contributed by atoms with Crippen LogP contribution in [0.5, 0.6) is 0 Å². The van der Waals surface area contributed by atoms with Gasteiger partial charge in [-0.15, -0.1) is 0 Å². The first-order valence-corrected chi connectivity index (χ1v) is 15.1. The number of hydrogen-bond acceptors (Lipinski definition) is 8. The standard InChI is InChI=1S/C34H34ClFN6O4/c1-40-32(33(43)45-2)21-30(39-40)24-9-12-29-26(19-24)31(13-15-38-29)42(25-10-11-27(35)28(36)20-25)18-17-41(16-6-14-37)34(44)46-22-23-7-4-3-5-8-23/h3-5,7-13,15,19-21H,6,14,16-18,22,37H2,1-2H3. The fourth-order valence-electron chi connectivity index (χ4n) is 5.08. The number of ether oxygens (including phenoxy) is 2. The summed E-state index contributed by atoms with van der Waals surface area (Å²) in [5.74, 6) is -1.07. The number of halogens is 2. The molecule has 0 fully saturated rings. The first-order valence-electron chi connectivity index (χ1n) is 14.7. The molecule has 0 unspecified atom stereocenters. The Morgan fingerprint density at radius 1 is 1.00 bits per heavy atom. The monoisotopic (exact) mass is 644 g/mol. The Hall–Kier alpha value is -5.00. The van der Waals surface area contributed by atoms with Gasteiger partial charge in [0, 0.05) is 49.5 Å². The smallest absolute Gasteiger partial charge is 0.410 e. The number of carbonyl (C=O) groups is 2. The maximum atomic E-state index is 14.8. The SMILES string of the molecule is COC(=O)c1cc(-c2ccc3nccc(N(CCN(CCCN)C(=O)OCc4ccccc4)c4ccc(Cl)c(F)c4)c3c2)nn1C.